The van der Waals surface area contributed by atoms with Crippen LogP contribution >= 0.6 is 0 Å². The van der Waals surface area contributed by atoms with E-state index in [1.54, 1.807) is 6.07 Å². The van der Waals surface area contributed by atoms with E-state index in [0.717, 1.165) is 22.3 Å². The van der Waals surface area contributed by atoms with Crippen molar-refractivity contribution in [3.05, 3.63) is 108 Å². The first kappa shape index (κ1) is 17.2. The van der Waals surface area contributed by atoms with Crippen molar-refractivity contribution in [2.75, 3.05) is 4.90 Å². The predicted molar refractivity (Wildman–Crippen MR) is 104 cm³/mol. The number of benzene rings is 3. The second-order valence-electron chi connectivity index (χ2n) is 5.85. The Morgan fingerprint density at radius 1 is 0.885 bits per heavy atom. The van der Waals surface area contributed by atoms with E-state index < -0.39 is 5.91 Å². The zero-order valence-electron chi connectivity index (χ0n) is 14.3. The molecule has 1 amide bonds. The maximum absolute atomic E-state index is 12.4. The Morgan fingerprint density at radius 2 is 1.46 bits per heavy atom. The average Bonchev–Trinajstić information content (AvgIpc) is 2.72. The Morgan fingerprint density at radius 3 is 2.12 bits per heavy atom. The smallest absolute Gasteiger partial charge is 0.295 e. The Hall–Kier alpha value is -3.64. The summed E-state index contributed by atoms with van der Waals surface area (Å²) in [4.78, 5) is 13.9. The molecule has 0 spiro atoms. The van der Waals surface area contributed by atoms with Gasteiger partial charge in [0.25, 0.3) is 0 Å². The molecule has 0 unspecified atom stereocenters. The largest absolute Gasteiger partial charge is 0.329 e. The molecule has 0 radical (unpaired) electrons. The van der Waals surface area contributed by atoms with Gasteiger partial charge < -0.3 is 0 Å². The summed E-state index contributed by atoms with van der Waals surface area (Å²) in [6.07, 6.45) is 0. The number of nitrogens with zero attached hydrogens (tertiary/aromatic N) is 2. The van der Waals surface area contributed by atoms with Gasteiger partial charge in [-0.05, 0) is 22.8 Å². The standard InChI is InChI=1S/C23H18N2O/c1-18(20-12-6-3-7-13-20)21-14-8-9-15-22(21)25(23(26)16-24)17-19-10-4-2-5-11-19/h2-15H,1,17H2. The number of anilines is 1. The monoisotopic (exact) mass is 338 g/mol. The van der Waals surface area contributed by atoms with Crippen LogP contribution in [-0.4, -0.2) is 5.91 Å². The third-order valence-electron chi connectivity index (χ3n) is 4.17. The van der Waals surface area contributed by atoms with Gasteiger partial charge in [0.1, 0.15) is 0 Å². The number of carbonyl (C=O) groups excluding carboxylic acids is 1. The molecule has 0 fully saturated rings. The highest BCUT2D eigenvalue weighted by Crippen LogP contribution is 2.31. The Labute approximate surface area is 153 Å². The fraction of sp³-hybridized carbons (Fsp3) is 0.0435. The van der Waals surface area contributed by atoms with Crippen LogP contribution in [0.4, 0.5) is 5.69 Å². The van der Waals surface area contributed by atoms with Gasteiger partial charge in [-0.3, -0.25) is 9.69 Å². The normalized spacial score (nSPS) is 9.96. The molecule has 126 valence electrons. The summed E-state index contributed by atoms with van der Waals surface area (Å²) in [6.45, 7) is 4.54. The number of hydrogen-bond acceptors (Lipinski definition) is 2. The lowest BCUT2D eigenvalue weighted by molar-refractivity contribution is -0.113. The molecular weight excluding hydrogens is 320 g/mol. The molecule has 26 heavy (non-hydrogen) atoms. The van der Waals surface area contributed by atoms with Gasteiger partial charge >= 0.3 is 5.91 Å². The Balaban J connectivity index is 2.04. The number of rotatable bonds is 5. The molecule has 0 aliphatic rings. The fourth-order valence-electron chi connectivity index (χ4n) is 2.85. The third kappa shape index (κ3) is 3.71. The van der Waals surface area contributed by atoms with Crippen molar-refractivity contribution in [2.45, 2.75) is 6.54 Å². The van der Waals surface area contributed by atoms with E-state index in [4.69, 9.17) is 0 Å². The minimum Gasteiger partial charge on any atom is -0.295 e. The lowest BCUT2D eigenvalue weighted by Gasteiger charge is -2.23. The zero-order valence-corrected chi connectivity index (χ0v) is 14.3. The molecular formula is C23H18N2O. The van der Waals surface area contributed by atoms with E-state index in [1.165, 1.54) is 4.90 Å². The van der Waals surface area contributed by atoms with Crippen molar-refractivity contribution in [2.24, 2.45) is 0 Å². The molecule has 0 aromatic heterocycles. The van der Waals surface area contributed by atoms with Gasteiger partial charge in [-0.1, -0.05) is 85.4 Å². The molecule has 3 heteroatoms. The van der Waals surface area contributed by atoms with Crippen LogP contribution in [0.1, 0.15) is 16.7 Å². The van der Waals surface area contributed by atoms with Gasteiger partial charge in [0.2, 0.25) is 0 Å². The zero-order chi connectivity index (χ0) is 18.4. The quantitative estimate of drug-likeness (QED) is 0.627. The number of carbonyl (C=O) groups is 1. The molecule has 0 bridgehead atoms. The summed E-state index contributed by atoms with van der Waals surface area (Å²) in [5, 5.41) is 9.23. The topological polar surface area (TPSA) is 44.1 Å². The SMILES string of the molecule is C=C(c1ccccc1)c1ccccc1N(Cc1ccccc1)C(=O)C#N. The Bertz CT molecular complexity index is 956. The average molecular weight is 338 g/mol. The maximum Gasteiger partial charge on any atom is 0.329 e. The van der Waals surface area contributed by atoms with E-state index in [2.05, 4.69) is 6.58 Å². The van der Waals surface area contributed by atoms with Crippen LogP contribution in [0.3, 0.4) is 0 Å². The lowest BCUT2D eigenvalue weighted by atomic mass is 9.97. The first-order valence-electron chi connectivity index (χ1n) is 8.30. The minimum atomic E-state index is -0.595. The van der Waals surface area contributed by atoms with Crippen molar-refractivity contribution in [3.63, 3.8) is 0 Å². The summed E-state index contributed by atoms with van der Waals surface area (Å²) < 4.78 is 0. The molecule has 3 aromatic carbocycles. The number of nitriles is 1. The summed E-state index contributed by atoms with van der Waals surface area (Å²) in [6, 6.07) is 28.7. The number of para-hydroxylation sites is 1. The van der Waals surface area contributed by atoms with Crippen LogP contribution < -0.4 is 4.90 Å². The van der Waals surface area contributed by atoms with Gasteiger partial charge in [0.05, 0.1) is 12.2 Å². The third-order valence-corrected chi connectivity index (χ3v) is 4.17. The van der Waals surface area contributed by atoms with Gasteiger partial charge in [-0.15, -0.1) is 0 Å². The van der Waals surface area contributed by atoms with Crippen LogP contribution in [0.25, 0.3) is 5.57 Å². The summed E-state index contributed by atoms with van der Waals surface area (Å²) in [5.74, 6) is -0.595. The van der Waals surface area contributed by atoms with Crippen LogP contribution in [0.15, 0.2) is 91.5 Å². The Kier molecular flexibility index (Phi) is 5.26. The predicted octanol–water partition coefficient (Wildman–Crippen LogP) is 4.80. The molecule has 0 aliphatic carbocycles. The number of amides is 1. The molecule has 0 saturated carbocycles. The number of hydrogen-bond donors (Lipinski definition) is 0. The summed E-state index contributed by atoms with van der Waals surface area (Å²) >= 11 is 0. The highest BCUT2D eigenvalue weighted by molar-refractivity contribution is 6.06. The lowest BCUT2D eigenvalue weighted by Crippen LogP contribution is -2.29. The molecule has 0 N–H and O–H groups in total. The first-order chi connectivity index (χ1) is 12.7. The second kappa shape index (κ2) is 7.96. The van der Waals surface area contributed by atoms with E-state index in [0.29, 0.717) is 12.2 Å². The molecule has 0 atom stereocenters. The van der Waals surface area contributed by atoms with Crippen LogP contribution in [0, 0.1) is 11.3 Å². The van der Waals surface area contributed by atoms with Crippen molar-refractivity contribution in [3.8, 4) is 6.07 Å². The summed E-state index contributed by atoms with van der Waals surface area (Å²) in [7, 11) is 0. The van der Waals surface area contributed by atoms with Gasteiger partial charge in [-0.25, -0.2) is 0 Å². The molecule has 0 aliphatic heterocycles. The highest BCUT2D eigenvalue weighted by Gasteiger charge is 2.20. The maximum atomic E-state index is 12.4. The van der Waals surface area contributed by atoms with E-state index in [9.17, 15) is 10.1 Å². The van der Waals surface area contributed by atoms with Crippen molar-refractivity contribution in [1.29, 1.82) is 5.26 Å². The first-order valence-corrected chi connectivity index (χ1v) is 8.30. The van der Waals surface area contributed by atoms with Gasteiger partial charge in [0, 0.05) is 5.56 Å². The van der Waals surface area contributed by atoms with Crippen LogP contribution in [-0.2, 0) is 11.3 Å². The van der Waals surface area contributed by atoms with Crippen molar-refractivity contribution in [1.82, 2.24) is 0 Å². The van der Waals surface area contributed by atoms with E-state index in [-0.39, 0.29) is 0 Å². The second-order valence-corrected chi connectivity index (χ2v) is 5.85. The minimum absolute atomic E-state index is 0.326. The van der Waals surface area contributed by atoms with Crippen LogP contribution in [0.2, 0.25) is 0 Å². The van der Waals surface area contributed by atoms with Gasteiger partial charge in [-0.2, -0.15) is 5.26 Å². The molecule has 3 nitrogen and oxygen atoms in total. The molecule has 3 aromatic rings. The fourth-order valence-corrected chi connectivity index (χ4v) is 2.85. The van der Waals surface area contributed by atoms with Crippen molar-refractivity contribution >= 4 is 17.2 Å². The molecule has 0 saturated heterocycles. The van der Waals surface area contributed by atoms with Gasteiger partial charge in [0.15, 0.2) is 6.07 Å². The van der Waals surface area contributed by atoms with E-state index >= 15 is 0 Å². The molecule has 3 rings (SSSR count). The van der Waals surface area contributed by atoms with E-state index in [1.807, 2.05) is 84.9 Å². The van der Waals surface area contributed by atoms with Crippen molar-refractivity contribution < 1.29 is 4.79 Å². The molecule has 0 heterocycles. The summed E-state index contributed by atoms with van der Waals surface area (Å²) in [5.41, 5.74) is 4.25. The van der Waals surface area contributed by atoms with Crippen LogP contribution in [0.5, 0.6) is 0 Å². The highest BCUT2D eigenvalue weighted by atomic mass is 16.2.